The third-order valence-electron chi connectivity index (χ3n) is 4.51. The summed E-state index contributed by atoms with van der Waals surface area (Å²) in [6.07, 6.45) is 4.24. The van der Waals surface area contributed by atoms with Crippen LogP contribution in [0.1, 0.15) is 35.2 Å². The lowest BCUT2D eigenvalue weighted by Gasteiger charge is -2.32. The van der Waals surface area contributed by atoms with Gasteiger partial charge in [0, 0.05) is 35.5 Å². The maximum Gasteiger partial charge on any atom is 0.228 e. The number of carbonyl (C=O) groups excluding carboxylic acids is 1. The SMILES string of the molecule is Cc1nc(CC(=O)N2CCC[C@@H](c3ccc4cn[nH]c4n3)C2)cs1. The number of aryl methyl sites for hydroxylation is 1. The van der Waals surface area contributed by atoms with Gasteiger partial charge < -0.3 is 4.90 Å². The van der Waals surface area contributed by atoms with E-state index < -0.39 is 0 Å². The van der Waals surface area contributed by atoms with Crippen LogP contribution in [0.2, 0.25) is 0 Å². The quantitative estimate of drug-likeness (QED) is 0.795. The Bertz CT molecular complexity index is 871. The van der Waals surface area contributed by atoms with Gasteiger partial charge in [-0.15, -0.1) is 11.3 Å². The smallest absolute Gasteiger partial charge is 0.228 e. The number of pyridine rings is 1. The maximum atomic E-state index is 12.6. The van der Waals surface area contributed by atoms with E-state index in [1.807, 2.05) is 23.3 Å². The molecule has 3 aromatic heterocycles. The van der Waals surface area contributed by atoms with Crippen LogP contribution in [0.15, 0.2) is 23.7 Å². The van der Waals surface area contributed by atoms with Crippen molar-refractivity contribution >= 4 is 28.3 Å². The van der Waals surface area contributed by atoms with Crippen LogP contribution in [-0.4, -0.2) is 44.1 Å². The number of thiazole rings is 1. The Morgan fingerprint density at radius 2 is 2.33 bits per heavy atom. The highest BCUT2D eigenvalue weighted by molar-refractivity contribution is 7.09. The van der Waals surface area contributed by atoms with Gasteiger partial charge in [0.25, 0.3) is 0 Å². The first kappa shape index (κ1) is 15.3. The molecule has 1 amide bonds. The van der Waals surface area contributed by atoms with E-state index in [-0.39, 0.29) is 11.8 Å². The van der Waals surface area contributed by atoms with E-state index >= 15 is 0 Å². The van der Waals surface area contributed by atoms with Crippen molar-refractivity contribution in [2.75, 3.05) is 13.1 Å². The molecular weight excluding hydrogens is 322 g/mol. The lowest BCUT2D eigenvalue weighted by atomic mass is 9.94. The minimum Gasteiger partial charge on any atom is -0.342 e. The molecule has 3 aromatic rings. The second-order valence-electron chi connectivity index (χ2n) is 6.26. The predicted molar refractivity (Wildman–Crippen MR) is 93.0 cm³/mol. The summed E-state index contributed by atoms with van der Waals surface area (Å²) in [5.74, 6) is 0.445. The minimum atomic E-state index is 0.160. The van der Waals surface area contributed by atoms with Crippen LogP contribution in [0, 0.1) is 6.92 Å². The molecule has 0 aromatic carbocycles. The summed E-state index contributed by atoms with van der Waals surface area (Å²) < 4.78 is 0. The minimum absolute atomic E-state index is 0.160. The van der Waals surface area contributed by atoms with Crippen molar-refractivity contribution in [2.24, 2.45) is 0 Å². The first-order valence-corrected chi connectivity index (χ1v) is 9.06. The van der Waals surface area contributed by atoms with Gasteiger partial charge in [-0.25, -0.2) is 9.97 Å². The number of rotatable bonds is 3. The van der Waals surface area contributed by atoms with Gasteiger partial charge in [-0.05, 0) is 31.9 Å². The molecule has 24 heavy (non-hydrogen) atoms. The number of amides is 1. The Kier molecular flexibility index (Phi) is 4.02. The van der Waals surface area contributed by atoms with E-state index in [1.165, 1.54) is 0 Å². The normalized spacial score (nSPS) is 18.2. The zero-order chi connectivity index (χ0) is 16.5. The molecule has 1 atom stereocenters. The summed E-state index contributed by atoms with van der Waals surface area (Å²) in [6.45, 7) is 3.52. The average Bonchev–Trinajstić information content (AvgIpc) is 3.23. The summed E-state index contributed by atoms with van der Waals surface area (Å²) >= 11 is 1.59. The highest BCUT2D eigenvalue weighted by Gasteiger charge is 2.26. The maximum absolute atomic E-state index is 12.6. The van der Waals surface area contributed by atoms with Crippen molar-refractivity contribution in [3.05, 3.63) is 40.1 Å². The molecule has 0 spiro atoms. The average molecular weight is 341 g/mol. The third kappa shape index (κ3) is 3.03. The van der Waals surface area contributed by atoms with Crippen LogP contribution in [0.3, 0.4) is 0 Å². The van der Waals surface area contributed by atoms with E-state index in [9.17, 15) is 4.79 Å². The number of nitrogens with one attached hydrogen (secondary N) is 1. The van der Waals surface area contributed by atoms with Gasteiger partial charge in [0.2, 0.25) is 5.91 Å². The van der Waals surface area contributed by atoms with Gasteiger partial charge >= 0.3 is 0 Å². The van der Waals surface area contributed by atoms with Gasteiger partial charge in [0.1, 0.15) is 0 Å². The molecular formula is C17H19N5OS. The van der Waals surface area contributed by atoms with Gasteiger partial charge in [-0.2, -0.15) is 5.10 Å². The lowest BCUT2D eigenvalue weighted by Crippen LogP contribution is -2.40. The van der Waals surface area contributed by atoms with Gasteiger partial charge in [0.15, 0.2) is 5.65 Å². The van der Waals surface area contributed by atoms with Crippen molar-refractivity contribution in [1.82, 2.24) is 25.1 Å². The van der Waals surface area contributed by atoms with Gasteiger partial charge in [-0.1, -0.05) is 0 Å². The van der Waals surface area contributed by atoms with Crippen LogP contribution in [0.5, 0.6) is 0 Å². The molecule has 124 valence electrons. The number of nitrogens with zero attached hydrogens (tertiary/aromatic N) is 4. The molecule has 4 heterocycles. The standard InChI is InChI=1S/C17H19N5OS/c1-11-19-14(10-24-11)7-16(23)22-6-2-3-13(9-22)15-5-4-12-8-18-21-17(12)20-15/h4-5,8,10,13H,2-3,6-7,9H2,1H3,(H,18,20,21)/t13-/m1/s1. The summed E-state index contributed by atoms with van der Waals surface area (Å²) in [5.41, 5.74) is 2.73. The molecule has 1 aliphatic heterocycles. The molecule has 1 aliphatic rings. The monoisotopic (exact) mass is 341 g/mol. The summed E-state index contributed by atoms with van der Waals surface area (Å²) in [4.78, 5) is 23.6. The molecule has 0 saturated carbocycles. The number of hydrogen-bond donors (Lipinski definition) is 1. The molecule has 0 bridgehead atoms. The second-order valence-corrected chi connectivity index (χ2v) is 7.32. The second kappa shape index (κ2) is 6.32. The number of fused-ring (bicyclic) bond motifs is 1. The van der Waals surface area contributed by atoms with Crippen LogP contribution < -0.4 is 0 Å². The van der Waals surface area contributed by atoms with E-state index in [4.69, 9.17) is 0 Å². The summed E-state index contributed by atoms with van der Waals surface area (Å²) in [6, 6.07) is 4.10. The molecule has 1 N–H and O–H groups in total. The molecule has 6 nitrogen and oxygen atoms in total. The van der Waals surface area contributed by atoms with Crippen molar-refractivity contribution < 1.29 is 4.79 Å². The zero-order valence-electron chi connectivity index (χ0n) is 13.5. The fraction of sp³-hybridized carbons (Fsp3) is 0.412. The first-order chi connectivity index (χ1) is 11.7. The molecule has 0 unspecified atom stereocenters. The molecule has 4 rings (SSSR count). The molecule has 1 fully saturated rings. The number of aromatic nitrogens is 4. The largest absolute Gasteiger partial charge is 0.342 e. The fourth-order valence-electron chi connectivity index (χ4n) is 3.27. The third-order valence-corrected chi connectivity index (χ3v) is 5.34. The molecule has 0 aliphatic carbocycles. The van der Waals surface area contributed by atoms with E-state index in [2.05, 4.69) is 26.2 Å². The van der Waals surface area contributed by atoms with Crippen LogP contribution in [-0.2, 0) is 11.2 Å². The van der Waals surface area contributed by atoms with E-state index in [1.54, 1.807) is 17.5 Å². The number of hydrogen-bond acceptors (Lipinski definition) is 5. The van der Waals surface area contributed by atoms with Crippen LogP contribution in [0.25, 0.3) is 11.0 Å². The van der Waals surface area contributed by atoms with Crippen molar-refractivity contribution in [1.29, 1.82) is 0 Å². The van der Waals surface area contributed by atoms with E-state index in [0.29, 0.717) is 6.42 Å². The Labute approximate surface area is 143 Å². The van der Waals surface area contributed by atoms with Crippen molar-refractivity contribution in [3.63, 3.8) is 0 Å². The van der Waals surface area contributed by atoms with Crippen LogP contribution >= 0.6 is 11.3 Å². The highest BCUT2D eigenvalue weighted by atomic mass is 32.1. The van der Waals surface area contributed by atoms with Gasteiger partial charge in [-0.3, -0.25) is 9.89 Å². The lowest BCUT2D eigenvalue weighted by molar-refractivity contribution is -0.131. The predicted octanol–water partition coefficient (Wildman–Crippen LogP) is 2.67. The summed E-state index contributed by atoms with van der Waals surface area (Å²) in [7, 11) is 0. The number of aromatic amines is 1. The Morgan fingerprint density at radius 1 is 1.42 bits per heavy atom. The number of carbonyl (C=O) groups is 1. The van der Waals surface area contributed by atoms with Crippen LogP contribution in [0.4, 0.5) is 0 Å². The number of H-pyrrole nitrogens is 1. The highest BCUT2D eigenvalue weighted by Crippen LogP contribution is 2.27. The Morgan fingerprint density at radius 3 is 3.17 bits per heavy atom. The zero-order valence-corrected chi connectivity index (χ0v) is 14.3. The Hall–Kier alpha value is -2.28. The topological polar surface area (TPSA) is 74.8 Å². The fourth-order valence-corrected chi connectivity index (χ4v) is 3.88. The number of piperidine rings is 1. The number of likely N-dealkylation sites (tertiary alicyclic amines) is 1. The first-order valence-electron chi connectivity index (χ1n) is 8.18. The Balaban J connectivity index is 1.47. The van der Waals surface area contributed by atoms with Gasteiger partial charge in [0.05, 0.1) is 23.3 Å². The summed E-state index contributed by atoms with van der Waals surface area (Å²) in [5, 5.41) is 10.9. The molecule has 1 saturated heterocycles. The van der Waals surface area contributed by atoms with Crippen molar-refractivity contribution in [3.8, 4) is 0 Å². The molecule has 0 radical (unpaired) electrons. The van der Waals surface area contributed by atoms with E-state index in [0.717, 1.165) is 53.4 Å². The molecule has 7 heteroatoms. The van der Waals surface area contributed by atoms with Crippen molar-refractivity contribution in [2.45, 2.75) is 32.1 Å².